The number of hydrogen-bond donors (Lipinski definition) is 1. The monoisotopic (exact) mass is 222 g/mol. The summed E-state index contributed by atoms with van der Waals surface area (Å²) in [6.07, 6.45) is 1.12. The standard InChI is InChI=1S/C9H7FN4O2/c1-5-12-9(16-14-5)13-8(15)6-2-3-7(10)11-4-6/h2-4H,1H3,(H,12,13,14,15). The summed E-state index contributed by atoms with van der Waals surface area (Å²) < 4.78 is 17.2. The smallest absolute Gasteiger partial charge is 0.315 e. The molecule has 2 heterocycles. The van der Waals surface area contributed by atoms with Crippen LogP contribution in [0.5, 0.6) is 0 Å². The number of nitrogens with zero attached hydrogens (tertiary/aromatic N) is 3. The molecule has 7 heteroatoms. The Balaban J connectivity index is 2.11. The molecule has 1 N–H and O–H groups in total. The van der Waals surface area contributed by atoms with Crippen molar-refractivity contribution in [2.45, 2.75) is 6.92 Å². The third-order valence-corrected chi connectivity index (χ3v) is 1.74. The maximum atomic E-state index is 12.5. The van der Waals surface area contributed by atoms with Crippen LogP contribution in [0.2, 0.25) is 0 Å². The Morgan fingerprint density at radius 3 is 2.88 bits per heavy atom. The Hall–Kier alpha value is -2.31. The van der Waals surface area contributed by atoms with E-state index in [9.17, 15) is 9.18 Å². The Bertz CT molecular complexity index is 508. The molecule has 2 aromatic heterocycles. The van der Waals surface area contributed by atoms with Crippen LogP contribution in [0, 0.1) is 12.9 Å². The number of nitrogens with one attached hydrogen (secondary N) is 1. The second-order valence-electron chi connectivity index (χ2n) is 2.97. The predicted molar refractivity (Wildman–Crippen MR) is 51.2 cm³/mol. The van der Waals surface area contributed by atoms with Crippen LogP contribution >= 0.6 is 0 Å². The number of halogens is 1. The van der Waals surface area contributed by atoms with Crippen molar-refractivity contribution in [2.75, 3.05) is 5.32 Å². The van der Waals surface area contributed by atoms with E-state index >= 15 is 0 Å². The van der Waals surface area contributed by atoms with Crippen LogP contribution in [0.1, 0.15) is 16.2 Å². The Morgan fingerprint density at radius 1 is 1.50 bits per heavy atom. The molecule has 2 aromatic rings. The lowest BCUT2D eigenvalue weighted by Gasteiger charge is -1.98. The molecule has 0 saturated heterocycles. The highest BCUT2D eigenvalue weighted by Crippen LogP contribution is 2.06. The fraction of sp³-hybridized carbons (Fsp3) is 0.111. The van der Waals surface area contributed by atoms with Crippen molar-refractivity contribution < 1.29 is 13.7 Å². The minimum Gasteiger partial charge on any atom is -0.315 e. The first-order chi connectivity index (χ1) is 7.65. The molecule has 16 heavy (non-hydrogen) atoms. The van der Waals surface area contributed by atoms with Gasteiger partial charge in [0.1, 0.15) is 0 Å². The molecule has 0 fully saturated rings. The molecule has 0 aliphatic rings. The van der Waals surface area contributed by atoms with Gasteiger partial charge in [-0.15, -0.1) is 0 Å². The normalized spacial score (nSPS) is 10.1. The molecule has 0 unspecified atom stereocenters. The lowest BCUT2D eigenvalue weighted by Crippen LogP contribution is -2.12. The van der Waals surface area contributed by atoms with Crippen molar-refractivity contribution in [1.29, 1.82) is 0 Å². The number of pyridine rings is 1. The summed E-state index contributed by atoms with van der Waals surface area (Å²) in [5, 5.41) is 5.86. The fourth-order valence-corrected chi connectivity index (χ4v) is 1.03. The molecule has 0 spiro atoms. The van der Waals surface area contributed by atoms with Gasteiger partial charge in [-0.05, 0) is 19.1 Å². The van der Waals surface area contributed by atoms with Crippen molar-refractivity contribution in [3.05, 3.63) is 35.7 Å². The summed E-state index contributed by atoms with van der Waals surface area (Å²) in [6.45, 7) is 1.62. The van der Waals surface area contributed by atoms with Gasteiger partial charge in [-0.25, -0.2) is 4.98 Å². The molecule has 0 aliphatic carbocycles. The zero-order chi connectivity index (χ0) is 11.5. The maximum absolute atomic E-state index is 12.5. The van der Waals surface area contributed by atoms with Crippen LogP contribution in [0.3, 0.4) is 0 Å². The number of anilines is 1. The van der Waals surface area contributed by atoms with E-state index < -0.39 is 11.9 Å². The van der Waals surface area contributed by atoms with Gasteiger partial charge in [0, 0.05) is 6.20 Å². The summed E-state index contributed by atoms with van der Waals surface area (Å²) in [6, 6.07) is 2.39. The SMILES string of the molecule is Cc1noc(NC(=O)c2ccc(F)nc2)n1. The quantitative estimate of drug-likeness (QED) is 0.771. The van der Waals surface area contributed by atoms with Crippen LogP contribution in [0.15, 0.2) is 22.9 Å². The number of carbonyl (C=O) groups is 1. The van der Waals surface area contributed by atoms with Gasteiger partial charge < -0.3 is 4.52 Å². The van der Waals surface area contributed by atoms with E-state index in [1.54, 1.807) is 6.92 Å². The van der Waals surface area contributed by atoms with Crippen LogP contribution in [0.4, 0.5) is 10.4 Å². The molecular weight excluding hydrogens is 215 g/mol. The molecule has 6 nitrogen and oxygen atoms in total. The number of amides is 1. The summed E-state index contributed by atoms with van der Waals surface area (Å²) in [4.78, 5) is 18.7. The van der Waals surface area contributed by atoms with Crippen LogP contribution in [-0.4, -0.2) is 21.0 Å². The highest BCUT2D eigenvalue weighted by atomic mass is 19.1. The predicted octanol–water partition coefficient (Wildman–Crippen LogP) is 1.16. The van der Waals surface area contributed by atoms with Crippen molar-refractivity contribution in [1.82, 2.24) is 15.1 Å². The molecule has 82 valence electrons. The summed E-state index contributed by atoms with van der Waals surface area (Å²) in [5.41, 5.74) is 0.206. The van der Waals surface area contributed by atoms with E-state index in [1.165, 1.54) is 6.07 Å². The van der Waals surface area contributed by atoms with Gasteiger partial charge in [0.05, 0.1) is 5.56 Å². The molecule has 0 aliphatic heterocycles. The lowest BCUT2D eigenvalue weighted by molar-refractivity contribution is 0.102. The van der Waals surface area contributed by atoms with Gasteiger partial charge >= 0.3 is 6.01 Å². The highest BCUT2D eigenvalue weighted by molar-refractivity contribution is 6.02. The first-order valence-electron chi connectivity index (χ1n) is 4.38. The van der Waals surface area contributed by atoms with E-state index in [-0.39, 0.29) is 11.6 Å². The van der Waals surface area contributed by atoms with E-state index in [2.05, 4.69) is 20.4 Å². The minimum atomic E-state index is -0.648. The van der Waals surface area contributed by atoms with E-state index in [1.807, 2.05) is 0 Å². The third kappa shape index (κ3) is 2.19. The van der Waals surface area contributed by atoms with E-state index in [0.29, 0.717) is 5.82 Å². The number of hydrogen-bond acceptors (Lipinski definition) is 5. The zero-order valence-corrected chi connectivity index (χ0v) is 8.27. The van der Waals surface area contributed by atoms with E-state index in [0.717, 1.165) is 12.3 Å². The molecule has 0 radical (unpaired) electrons. The molecular formula is C9H7FN4O2. The second-order valence-corrected chi connectivity index (χ2v) is 2.97. The molecule has 0 aromatic carbocycles. The Kier molecular flexibility index (Phi) is 2.59. The number of rotatable bonds is 2. The second kappa shape index (κ2) is 4.05. The molecule has 1 amide bonds. The Morgan fingerprint density at radius 2 is 2.31 bits per heavy atom. The van der Waals surface area contributed by atoms with Gasteiger partial charge in [-0.3, -0.25) is 10.1 Å². The van der Waals surface area contributed by atoms with Gasteiger partial charge in [0.25, 0.3) is 5.91 Å². The van der Waals surface area contributed by atoms with Crippen LogP contribution < -0.4 is 5.32 Å². The fourth-order valence-electron chi connectivity index (χ4n) is 1.03. The Labute approximate surface area is 89.5 Å². The molecule has 0 saturated carbocycles. The lowest BCUT2D eigenvalue weighted by atomic mass is 10.3. The van der Waals surface area contributed by atoms with Crippen molar-refractivity contribution in [2.24, 2.45) is 0 Å². The average molecular weight is 222 g/mol. The van der Waals surface area contributed by atoms with Crippen molar-refractivity contribution >= 4 is 11.9 Å². The van der Waals surface area contributed by atoms with Crippen LogP contribution in [0.25, 0.3) is 0 Å². The molecule has 0 bridgehead atoms. The number of aryl methyl sites for hydroxylation is 1. The summed E-state index contributed by atoms with van der Waals surface area (Å²) in [7, 11) is 0. The van der Waals surface area contributed by atoms with Gasteiger partial charge in [0.15, 0.2) is 5.82 Å². The largest absolute Gasteiger partial charge is 0.328 e. The molecule has 0 atom stereocenters. The maximum Gasteiger partial charge on any atom is 0.328 e. The average Bonchev–Trinajstić information content (AvgIpc) is 2.65. The van der Waals surface area contributed by atoms with Crippen molar-refractivity contribution in [3.63, 3.8) is 0 Å². The van der Waals surface area contributed by atoms with Gasteiger partial charge in [-0.2, -0.15) is 9.37 Å². The number of carbonyl (C=O) groups excluding carboxylic acids is 1. The topological polar surface area (TPSA) is 80.9 Å². The van der Waals surface area contributed by atoms with Gasteiger partial charge in [0.2, 0.25) is 5.95 Å². The third-order valence-electron chi connectivity index (χ3n) is 1.74. The van der Waals surface area contributed by atoms with E-state index in [4.69, 9.17) is 4.52 Å². The van der Waals surface area contributed by atoms with Crippen LogP contribution in [-0.2, 0) is 0 Å². The molecule has 2 rings (SSSR count). The summed E-state index contributed by atoms with van der Waals surface area (Å²) >= 11 is 0. The highest BCUT2D eigenvalue weighted by Gasteiger charge is 2.10. The van der Waals surface area contributed by atoms with Crippen molar-refractivity contribution in [3.8, 4) is 0 Å². The first-order valence-corrected chi connectivity index (χ1v) is 4.38. The summed E-state index contributed by atoms with van der Waals surface area (Å²) in [5.74, 6) is -0.728. The van der Waals surface area contributed by atoms with Gasteiger partial charge in [-0.1, -0.05) is 5.16 Å². The zero-order valence-electron chi connectivity index (χ0n) is 8.27. The first kappa shape index (κ1) is 10.2. The number of aromatic nitrogens is 3. The minimum absolute atomic E-state index is 0.00757.